The summed E-state index contributed by atoms with van der Waals surface area (Å²) in [4.78, 5) is 0. The highest BCUT2D eigenvalue weighted by Crippen LogP contribution is 2.12. The lowest BCUT2D eigenvalue weighted by Crippen LogP contribution is -2.44. The SMILES string of the molecule is CC(C)c1ccc([SiH](CCl)c2ccccc2)cc1. The first-order valence-electron chi connectivity index (χ1n) is 6.43. The number of alkyl halides is 1. The molecule has 0 spiro atoms. The van der Waals surface area contributed by atoms with Gasteiger partial charge < -0.3 is 0 Å². The third-order valence-corrected chi connectivity index (χ3v) is 6.98. The van der Waals surface area contributed by atoms with Crippen LogP contribution >= 0.6 is 11.6 Å². The number of rotatable bonds is 4. The van der Waals surface area contributed by atoms with Crippen LogP contribution in [-0.4, -0.2) is 14.3 Å². The lowest BCUT2D eigenvalue weighted by Gasteiger charge is -2.14. The van der Waals surface area contributed by atoms with Gasteiger partial charge in [0.05, 0.1) is 0 Å². The molecule has 2 aromatic carbocycles. The van der Waals surface area contributed by atoms with Gasteiger partial charge >= 0.3 is 0 Å². The Hall–Kier alpha value is -1.05. The third kappa shape index (κ3) is 3.04. The maximum atomic E-state index is 6.20. The lowest BCUT2D eigenvalue weighted by molar-refractivity contribution is 0.867. The third-order valence-electron chi connectivity index (χ3n) is 3.36. The van der Waals surface area contributed by atoms with E-state index < -0.39 is 8.80 Å². The van der Waals surface area contributed by atoms with E-state index in [-0.39, 0.29) is 0 Å². The molecule has 0 heterocycles. The summed E-state index contributed by atoms with van der Waals surface area (Å²) in [6, 6.07) is 19.7. The fourth-order valence-corrected chi connectivity index (χ4v) is 5.32. The molecule has 0 aromatic heterocycles. The molecule has 0 amide bonds. The van der Waals surface area contributed by atoms with Gasteiger partial charge in [-0.1, -0.05) is 78.8 Å². The Balaban J connectivity index is 2.28. The second-order valence-corrected chi connectivity index (χ2v) is 8.61. The van der Waals surface area contributed by atoms with Crippen LogP contribution in [-0.2, 0) is 0 Å². The van der Waals surface area contributed by atoms with E-state index in [0.717, 1.165) is 5.50 Å². The van der Waals surface area contributed by atoms with E-state index >= 15 is 0 Å². The molecule has 0 aliphatic rings. The summed E-state index contributed by atoms with van der Waals surface area (Å²) in [7, 11) is -1.22. The normalized spacial score (nSPS) is 12.7. The predicted octanol–water partition coefficient (Wildman–Crippen LogP) is 2.93. The molecule has 94 valence electrons. The van der Waals surface area contributed by atoms with Crippen LogP contribution < -0.4 is 10.4 Å². The number of hydrogen-bond acceptors (Lipinski definition) is 0. The van der Waals surface area contributed by atoms with Gasteiger partial charge in [-0.25, -0.2) is 0 Å². The van der Waals surface area contributed by atoms with Crippen LogP contribution in [0.1, 0.15) is 25.3 Å². The predicted molar refractivity (Wildman–Crippen MR) is 84.1 cm³/mol. The molecule has 0 saturated carbocycles. The van der Waals surface area contributed by atoms with E-state index in [0.29, 0.717) is 5.92 Å². The van der Waals surface area contributed by atoms with Crippen molar-refractivity contribution in [3.05, 3.63) is 60.2 Å². The van der Waals surface area contributed by atoms with E-state index in [4.69, 9.17) is 11.6 Å². The molecule has 0 fully saturated rings. The molecule has 1 unspecified atom stereocenters. The Morgan fingerprint density at radius 3 is 1.94 bits per heavy atom. The summed E-state index contributed by atoms with van der Waals surface area (Å²) < 4.78 is 0. The highest BCUT2D eigenvalue weighted by Gasteiger charge is 2.14. The Morgan fingerprint density at radius 1 is 0.889 bits per heavy atom. The average molecular weight is 275 g/mol. The van der Waals surface area contributed by atoms with Crippen molar-refractivity contribution < 1.29 is 0 Å². The Bertz CT molecular complexity index is 476. The molecule has 1 atom stereocenters. The number of halogens is 1. The fourth-order valence-electron chi connectivity index (χ4n) is 2.17. The van der Waals surface area contributed by atoms with Crippen LogP contribution in [0.25, 0.3) is 0 Å². The summed E-state index contributed by atoms with van der Waals surface area (Å²) in [6.45, 7) is 4.45. The van der Waals surface area contributed by atoms with E-state index in [2.05, 4.69) is 68.4 Å². The molecule has 0 bridgehead atoms. The van der Waals surface area contributed by atoms with Crippen molar-refractivity contribution in [2.75, 3.05) is 5.50 Å². The molecule has 2 heteroatoms. The first-order chi connectivity index (χ1) is 8.72. The number of benzene rings is 2. The summed E-state index contributed by atoms with van der Waals surface area (Å²) in [5.74, 6) is 0.590. The zero-order chi connectivity index (χ0) is 13.0. The zero-order valence-electron chi connectivity index (χ0n) is 10.9. The van der Waals surface area contributed by atoms with Gasteiger partial charge in [0.1, 0.15) is 8.80 Å². The Morgan fingerprint density at radius 2 is 1.44 bits per heavy atom. The van der Waals surface area contributed by atoms with Gasteiger partial charge in [0, 0.05) is 5.50 Å². The highest BCUT2D eigenvalue weighted by molar-refractivity contribution is 6.89. The Kier molecular flexibility index (Phi) is 4.62. The second kappa shape index (κ2) is 6.21. The first kappa shape index (κ1) is 13.4. The van der Waals surface area contributed by atoms with Gasteiger partial charge in [0.2, 0.25) is 0 Å². The van der Waals surface area contributed by atoms with Gasteiger partial charge in [-0.15, -0.1) is 11.6 Å². The molecular formula is C16H19ClSi. The van der Waals surface area contributed by atoms with Crippen molar-refractivity contribution in [1.29, 1.82) is 0 Å². The lowest BCUT2D eigenvalue weighted by atomic mass is 10.0. The maximum Gasteiger partial charge on any atom is 0.117 e. The largest absolute Gasteiger partial charge is 0.130 e. The fraction of sp³-hybridized carbons (Fsp3) is 0.250. The van der Waals surface area contributed by atoms with E-state index in [1.807, 2.05) is 0 Å². The minimum absolute atomic E-state index is 0.590. The summed E-state index contributed by atoms with van der Waals surface area (Å²) >= 11 is 6.20. The smallest absolute Gasteiger partial charge is 0.117 e. The van der Waals surface area contributed by atoms with Crippen LogP contribution in [0.4, 0.5) is 0 Å². The molecule has 0 aliphatic heterocycles. The quantitative estimate of drug-likeness (QED) is 0.594. The summed E-state index contributed by atoms with van der Waals surface area (Å²) in [5, 5.41) is 2.85. The van der Waals surface area contributed by atoms with Crippen LogP contribution in [0.15, 0.2) is 54.6 Å². The van der Waals surface area contributed by atoms with Gasteiger partial charge in [0.25, 0.3) is 0 Å². The van der Waals surface area contributed by atoms with Crippen molar-refractivity contribution in [2.45, 2.75) is 19.8 Å². The minimum Gasteiger partial charge on any atom is -0.130 e. The molecule has 2 aromatic rings. The van der Waals surface area contributed by atoms with E-state index in [1.54, 1.807) is 0 Å². The monoisotopic (exact) mass is 274 g/mol. The Labute approximate surface area is 116 Å². The van der Waals surface area contributed by atoms with Gasteiger partial charge in [-0.3, -0.25) is 0 Å². The standard InChI is InChI=1S/C16H19ClSi/c1-13(2)14-8-10-16(11-9-14)18(12-17)15-6-4-3-5-7-15/h3-11,13,18H,12H2,1-2H3. The van der Waals surface area contributed by atoms with Crippen molar-refractivity contribution in [1.82, 2.24) is 0 Å². The van der Waals surface area contributed by atoms with E-state index in [1.165, 1.54) is 15.9 Å². The molecule has 0 nitrogen and oxygen atoms in total. The van der Waals surface area contributed by atoms with E-state index in [9.17, 15) is 0 Å². The summed E-state index contributed by atoms with van der Waals surface area (Å²) in [6.07, 6.45) is 0. The van der Waals surface area contributed by atoms with Gasteiger partial charge in [-0.05, 0) is 11.5 Å². The van der Waals surface area contributed by atoms with Crippen molar-refractivity contribution >= 4 is 30.8 Å². The summed E-state index contributed by atoms with van der Waals surface area (Å²) in [5.41, 5.74) is 2.15. The average Bonchev–Trinajstić information content (AvgIpc) is 2.41. The molecule has 2 rings (SSSR count). The minimum atomic E-state index is -1.22. The highest BCUT2D eigenvalue weighted by atomic mass is 35.5. The molecule has 0 radical (unpaired) electrons. The molecule has 18 heavy (non-hydrogen) atoms. The molecule has 0 aliphatic carbocycles. The van der Waals surface area contributed by atoms with Crippen molar-refractivity contribution in [3.63, 3.8) is 0 Å². The molecule has 0 saturated heterocycles. The molecular weight excluding hydrogens is 256 g/mol. The van der Waals surface area contributed by atoms with Crippen LogP contribution in [0.3, 0.4) is 0 Å². The van der Waals surface area contributed by atoms with Gasteiger partial charge in [-0.2, -0.15) is 0 Å². The van der Waals surface area contributed by atoms with Crippen molar-refractivity contribution in [3.8, 4) is 0 Å². The van der Waals surface area contributed by atoms with Gasteiger partial charge in [0.15, 0.2) is 0 Å². The number of hydrogen-bond donors (Lipinski definition) is 0. The van der Waals surface area contributed by atoms with Crippen LogP contribution in [0.2, 0.25) is 0 Å². The maximum absolute atomic E-state index is 6.20. The first-order valence-corrected chi connectivity index (χ1v) is 8.93. The van der Waals surface area contributed by atoms with Crippen molar-refractivity contribution in [2.24, 2.45) is 0 Å². The topological polar surface area (TPSA) is 0 Å². The molecule has 0 N–H and O–H groups in total. The zero-order valence-corrected chi connectivity index (χ0v) is 12.8. The van der Waals surface area contributed by atoms with Crippen LogP contribution in [0.5, 0.6) is 0 Å². The van der Waals surface area contributed by atoms with Crippen LogP contribution in [0, 0.1) is 0 Å². The second-order valence-electron chi connectivity index (χ2n) is 4.94.